The first-order chi connectivity index (χ1) is 8.80. The summed E-state index contributed by atoms with van der Waals surface area (Å²) in [5.74, 6) is 0. The van der Waals surface area contributed by atoms with Crippen LogP contribution in [0.5, 0.6) is 0 Å². The van der Waals surface area contributed by atoms with Crippen LogP contribution in [0, 0.1) is 0 Å². The highest BCUT2D eigenvalue weighted by atomic mass is 79.9. The summed E-state index contributed by atoms with van der Waals surface area (Å²) in [7, 11) is 0. The van der Waals surface area contributed by atoms with E-state index < -0.39 is 11.4 Å². The van der Waals surface area contributed by atoms with Gasteiger partial charge in [-0.1, -0.05) is 46.3 Å². The van der Waals surface area contributed by atoms with Gasteiger partial charge in [-0.3, -0.25) is 0 Å². The predicted octanol–water partition coefficient (Wildman–Crippen LogP) is 4.21. The summed E-state index contributed by atoms with van der Waals surface area (Å²) in [6, 6.07) is 8.32. The molecule has 0 aromatic heterocycles. The molecule has 104 valence electrons. The van der Waals surface area contributed by atoms with Crippen LogP contribution in [0.25, 0.3) is 0 Å². The molecule has 0 spiro atoms. The zero-order valence-corrected chi connectivity index (χ0v) is 14.1. The van der Waals surface area contributed by atoms with Gasteiger partial charge in [-0.2, -0.15) is 0 Å². The third-order valence-corrected chi connectivity index (χ3v) is 5.79. The van der Waals surface area contributed by atoms with E-state index in [0.717, 1.165) is 23.0 Å². The quantitative estimate of drug-likeness (QED) is 0.594. The molecule has 0 bridgehead atoms. The fourth-order valence-electron chi connectivity index (χ4n) is 2.31. The second kappa shape index (κ2) is 5.60. The van der Waals surface area contributed by atoms with Crippen LogP contribution in [0.15, 0.2) is 40.9 Å². The van der Waals surface area contributed by atoms with E-state index in [4.69, 9.17) is 0 Å². The van der Waals surface area contributed by atoms with Crippen molar-refractivity contribution in [3.8, 4) is 0 Å². The number of halogens is 1. The Kier molecular flexibility index (Phi) is 4.45. The predicted molar refractivity (Wildman–Crippen MR) is 85.2 cm³/mol. The molecule has 2 rings (SSSR count). The second-order valence-corrected chi connectivity index (χ2v) is 8.97. The van der Waals surface area contributed by atoms with E-state index in [9.17, 15) is 4.55 Å². The Hall–Kier alpha value is -0.290. The van der Waals surface area contributed by atoms with Crippen molar-refractivity contribution in [3.63, 3.8) is 0 Å². The maximum absolute atomic E-state index is 12.7. The molecule has 1 unspecified atom stereocenters. The molecule has 1 heterocycles. The van der Waals surface area contributed by atoms with Gasteiger partial charge in [0.05, 0.1) is 12.6 Å². The maximum Gasteiger partial charge on any atom is 0.137 e. The lowest BCUT2D eigenvalue weighted by Gasteiger charge is -2.33. The van der Waals surface area contributed by atoms with Gasteiger partial charge in [0, 0.05) is 15.8 Å². The van der Waals surface area contributed by atoms with Crippen LogP contribution in [0.1, 0.15) is 38.8 Å². The normalized spacial score (nSPS) is 22.8. The minimum atomic E-state index is -1.02. The van der Waals surface area contributed by atoms with E-state index in [0.29, 0.717) is 0 Å². The van der Waals surface area contributed by atoms with Crippen molar-refractivity contribution in [2.45, 2.75) is 38.0 Å². The number of nitrogens with zero attached hydrogens (tertiary/aromatic N) is 1. The fourth-order valence-corrected chi connectivity index (χ4v) is 4.28. The molecule has 1 aromatic carbocycles. The summed E-state index contributed by atoms with van der Waals surface area (Å²) in [5, 5.41) is 0. The van der Waals surface area contributed by atoms with Crippen LogP contribution >= 0.6 is 15.9 Å². The van der Waals surface area contributed by atoms with Crippen LogP contribution in [0.3, 0.4) is 0 Å². The lowest BCUT2D eigenvalue weighted by atomic mass is 10.0. The van der Waals surface area contributed by atoms with Crippen LogP contribution in [-0.2, 0) is 11.4 Å². The van der Waals surface area contributed by atoms with E-state index >= 15 is 0 Å². The van der Waals surface area contributed by atoms with Gasteiger partial charge in [0.25, 0.3) is 0 Å². The number of hydrogen-bond acceptors (Lipinski definition) is 2. The highest BCUT2D eigenvalue weighted by Gasteiger charge is 2.42. The van der Waals surface area contributed by atoms with E-state index in [1.54, 1.807) is 0 Å². The third kappa shape index (κ3) is 3.24. The molecule has 1 aliphatic rings. The van der Waals surface area contributed by atoms with Crippen molar-refractivity contribution >= 4 is 27.3 Å². The molecular weight excluding hydrogens is 322 g/mol. The number of hydrogen-bond donors (Lipinski definition) is 0. The molecule has 0 saturated carbocycles. The van der Waals surface area contributed by atoms with E-state index in [1.807, 2.05) is 39.0 Å². The van der Waals surface area contributed by atoms with Crippen LogP contribution in [-0.4, -0.2) is 20.1 Å². The molecule has 0 aliphatic carbocycles. The standard InChI is InChI=1S/C15H20BrNOS/c1-11-9-14(12-7-5-6-8-13(12)16)17(10-11)19(18)15(2,3)4/h5-8,14H,1,9-10H2,2-4H3/t14-,19?/m1/s1. The van der Waals surface area contributed by atoms with Crippen LogP contribution in [0.4, 0.5) is 0 Å². The van der Waals surface area contributed by atoms with Gasteiger partial charge in [-0.15, -0.1) is 4.31 Å². The third-order valence-electron chi connectivity index (χ3n) is 3.21. The van der Waals surface area contributed by atoms with Crippen LogP contribution in [0.2, 0.25) is 0 Å². The topological polar surface area (TPSA) is 26.3 Å². The van der Waals surface area contributed by atoms with Crippen molar-refractivity contribution in [2.75, 3.05) is 6.54 Å². The first kappa shape index (κ1) is 15.1. The SMILES string of the molecule is C=C1C[C@H](c2ccccc2Br)N([S+]([O-])C(C)(C)C)C1. The van der Waals surface area contributed by atoms with Crippen LogP contribution < -0.4 is 0 Å². The van der Waals surface area contributed by atoms with Crippen molar-refractivity contribution < 1.29 is 4.55 Å². The Bertz CT molecular complexity index is 483. The monoisotopic (exact) mass is 341 g/mol. The summed E-state index contributed by atoms with van der Waals surface area (Å²) in [5.41, 5.74) is 2.34. The molecule has 1 aliphatic heterocycles. The minimum absolute atomic E-state index is 0.156. The highest BCUT2D eigenvalue weighted by molar-refractivity contribution is 9.10. The van der Waals surface area contributed by atoms with E-state index in [1.165, 1.54) is 5.56 Å². The zero-order chi connectivity index (χ0) is 14.2. The summed E-state index contributed by atoms with van der Waals surface area (Å²) in [6.45, 7) is 10.8. The van der Waals surface area contributed by atoms with Gasteiger partial charge < -0.3 is 4.55 Å². The Morgan fingerprint density at radius 1 is 1.37 bits per heavy atom. The van der Waals surface area contributed by atoms with Gasteiger partial charge in [0.15, 0.2) is 0 Å². The molecule has 2 atom stereocenters. The first-order valence-electron chi connectivity index (χ1n) is 6.40. The summed E-state index contributed by atoms with van der Waals surface area (Å²) in [4.78, 5) is 0. The number of benzene rings is 1. The molecule has 19 heavy (non-hydrogen) atoms. The molecule has 0 radical (unpaired) electrons. The smallest absolute Gasteiger partial charge is 0.137 e. The highest BCUT2D eigenvalue weighted by Crippen LogP contribution is 2.41. The average molecular weight is 342 g/mol. The van der Waals surface area contributed by atoms with Crippen molar-refractivity contribution in [3.05, 3.63) is 46.5 Å². The Morgan fingerprint density at radius 2 is 2.00 bits per heavy atom. The van der Waals surface area contributed by atoms with Gasteiger partial charge in [0.1, 0.15) is 4.75 Å². The lowest BCUT2D eigenvalue weighted by molar-refractivity contribution is 0.380. The average Bonchev–Trinajstić information content (AvgIpc) is 2.69. The molecular formula is C15H20BrNOS. The van der Waals surface area contributed by atoms with Gasteiger partial charge in [0.2, 0.25) is 0 Å². The van der Waals surface area contributed by atoms with E-state index in [-0.39, 0.29) is 10.8 Å². The van der Waals surface area contributed by atoms with Gasteiger partial charge >= 0.3 is 0 Å². The Morgan fingerprint density at radius 3 is 2.58 bits per heavy atom. The molecule has 1 fully saturated rings. The Labute approximate surface area is 127 Å². The van der Waals surface area contributed by atoms with E-state index in [2.05, 4.69) is 32.9 Å². The molecule has 4 heteroatoms. The molecule has 2 nitrogen and oxygen atoms in total. The minimum Gasteiger partial charge on any atom is -0.597 e. The Balaban J connectivity index is 2.33. The van der Waals surface area contributed by atoms with Crippen molar-refractivity contribution in [1.29, 1.82) is 0 Å². The zero-order valence-electron chi connectivity index (χ0n) is 11.6. The van der Waals surface area contributed by atoms with Gasteiger partial charge in [-0.05, 0) is 38.8 Å². The first-order valence-corrected chi connectivity index (χ1v) is 8.30. The number of rotatable bonds is 2. The van der Waals surface area contributed by atoms with Gasteiger partial charge in [-0.25, -0.2) is 0 Å². The molecule has 1 aromatic rings. The van der Waals surface area contributed by atoms with Crippen molar-refractivity contribution in [1.82, 2.24) is 4.31 Å². The summed E-state index contributed by atoms with van der Waals surface area (Å²) in [6.07, 6.45) is 0.879. The largest absolute Gasteiger partial charge is 0.597 e. The lowest BCUT2D eigenvalue weighted by Crippen LogP contribution is -2.42. The summed E-state index contributed by atoms with van der Waals surface area (Å²) < 4.78 is 15.6. The molecule has 0 N–H and O–H groups in total. The second-order valence-electron chi connectivity index (χ2n) is 5.93. The fraction of sp³-hybridized carbons (Fsp3) is 0.467. The van der Waals surface area contributed by atoms with Crippen molar-refractivity contribution in [2.24, 2.45) is 0 Å². The summed E-state index contributed by atoms with van der Waals surface area (Å²) >= 11 is 2.58. The maximum atomic E-state index is 12.7. The molecule has 1 saturated heterocycles. The molecule has 0 amide bonds.